The molecule has 148 valence electrons. The Hall–Kier alpha value is -0.851. The smallest absolute Gasteiger partial charge is 0.297 e. The summed E-state index contributed by atoms with van der Waals surface area (Å²) in [5, 5.41) is 5.16. The maximum Gasteiger partial charge on any atom is 2.00 e. The standard InChI is InChI=1S/C20H21NOP.C5H5.Fe/c1-2-20(17-11-9-10-12-17)21-23(22,18-13-5-3-6-14-18)19-15-7-4-8-16-19;1-2-4-5-3-1;/h3-16,20H,2H2,1H3,(H,21,22);1-5H;/q;;+2/t20-;;/m1../s1. The summed E-state index contributed by atoms with van der Waals surface area (Å²) in [6.45, 7) is 2.12. The molecule has 29 heavy (non-hydrogen) atoms. The third-order valence-corrected chi connectivity index (χ3v) is 7.36. The molecule has 0 bridgehead atoms. The van der Waals surface area contributed by atoms with Gasteiger partial charge in [0.15, 0.2) is 0 Å². The van der Waals surface area contributed by atoms with Crippen LogP contribution in [0.25, 0.3) is 0 Å². The third kappa shape index (κ3) is 6.83. The maximum atomic E-state index is 14.0. The van der Waals surface area contributed by atoms with Gasteiger partial charge < -0.3 is 0 Å². The zero-order valence-electron chi connectivity index (χ0n) is 16.5. The minimum atomic E-state index is -2.89. The topological polar surface area (TPSA) is 29.1 Å². The maximum absolute atomic E-state index is 14.0. The SMILES string of the molecule is CC[C@@H](NP(=O)(c1ccccc1)c1ccccc1)[C]1[CH][CH][CH][CH]1.[CH]1[CH][CH][CH][CH]1.[Fe+2]. The van der Waals surface area contributed by atoms with Gasteiger partial charge in [-0.2, -0.15) is 0 Å². The van der Waals surface area contributed by atoms with E-state index in [1.54, 1.807) is 0 Å². The van der Waals surface area contributed by atoms with E-state index in [0.717, 1.165) is 17.0 Å². The zero-order valence-corrected chi connectivity index (χ0v) is 18.5. The van der Waals surface area contributed by atoms with Crippen molar-refractivity contribution in [2.45, 2.75) is 19.4 Å². The van der Waals surface area contributed by atoms with Crippen LogP contribution in [-0.2, 0) is 21.6 Å². The first-order valence-corrected chi connectivity index (χ1v) is 11.3. The van der Waals surface area contributed by atoms with Crippen LogP contribution in [0.1, 0.15) is 13.3 Å². The molecule has 1 atom stereocenters. The summed E-state index contributed by atoms with van der Waals surface area (Å²) in [5.74, 6) is 1.18. The molecular weight excluding hydrogens is 417 g/mol. The van der Waals surface area contributed by atoms with Gasteiger partial charge >= 0.3 is 17.1 Å². The van der Waals surface area contributed by atoms with Gasteiger partial charge in [-0.3, -0.25) is 9.65 Å². The molecule has 2 aliphatic carbocycles. The van der Waals surface area contributed by atoms with Gasteiger partial charge in [-0.25, -0.2) is 0 Å². The molecule has 4 rings (SSSR count). The number of hydrogen-bond donors (Lipinski definition) is 1. The predicted molar refractivity (Wildman–Crippen MR) is 119 cm³/mol. The molecule has 1 N–H and O–H groups in total. The van der Waals surface area contributed by atoms with E-state index in [9.17, 15) is 4.57 Å². The Morgan fingerprint density at radius 3 is 1.52 bits per heavy atom. The quantitative estimate of drug-likeness (QED) is 0.518. The van der Waals surface area contributed by atoms with E-state index in [2.05, 4.69) is 24.9 Å². The van der Waals surface area contributed by atoms with E-state index in [1.807, 2.05) is 106 Å². The van der Waals surface area contributed by atoms with Crippen molar-refractivity contribution < 1.29 is 21.6 Å². The fourth-order valence-corrected chi connectivity index (χ4v) is 5.69. The van der Waals surface area contributed by atoms with Crippen LogP contribution in [0.2, 0.25) is 0 Å². The largest absolute Gasteiger partial charge is 2.00 e. The van der Waals surface area contributed by atoms with Gasteiger partial charge in [0.2, 0.25) is 7.29 Å². The molecule has 2 aromatic rings. The Labute approximate surface area is 188 Å². The van der Waals surface area contributed by atoms with Crippen LogP contribution in [0.4, 0.5) is 0 Å². The Morgan fingerprint density at radius 1 is 0.724 bits per heavy atom. The van der Waals surface area contributed by atoms with Gasteiger partial charge in [-0.15, -0.1) is 0 Å². The van der Waals surface area contributed by atoms with Gasteiger partial charge in [0.25, 0.3) is 0 Å². The molecule has 2 nitrogen and oxygen atoms in total. The molecule has 0 heterocycles. The molecule has 2 fully saturated rings. The Balaban J connectivity index is 0.000000437. The molecule has 2 saturated carbocycles. The van der Waals surface area contributed by atoms with Gasteiger partial charge in [0.05, 0.1) is 0 Å². The van der Waals surface area contributed by atoms with Crippen LogP contribution in [0.5, 0.6) is 0 Å². The molecule has 4 heteroatoms. The van der Waals surface area contributed by atoms with Crippen molar-refractivity contribution in [1.29, 1.82) is 0 Å². The fourth-order valence-electron chi connectivity index (χ4n) is 3.14. The van der Waals surface area contributed by atoms with Gasteiger partial charge in [-0.05, 0) is 88.5 Å². The normalized spacial score (nSPS) is 17.8. The number of rotatable bonds is 6. The van der Waals surface area contributed by atoms with Crippen LogP contribution < -0.4 is 15.7 Å². The van der Waals surface area contributed by atoms with E-state index >= 15 is 0 Å². The van der Waals surface area contributed by atoms with Crippen molar-refractivity contribution in [3.63, 3.8) is 0 Å². The van der Waals surface area contributed by atoms with Crippen LogP contribution in [-0.4, -0.2) is 6.04 Å². The van der Waals surface area contributed by atoms with Crippen molar-refractivity contribution in [3.8, 4) is 0 Å². The average molecular weight is 443 g/mol. The van der Waals surface area contributed by atoms with E-state index < -0.39 is 7.29 Å². The van der Waals surface area contributed by atoms with Crippen molar-refractivity contribution in [1.82, 2.24) is 5.09 Å². The van der Waals surface area contributed by atoms with Crippen LogP contribution in [0.15, 0.2) is 60.7 Å². The van der Waals surface area contributed by atoms with Gasteiger partial charge in [0, 0.05) is 22.6 Å². The number of hydrogen-bond acceptors (Lipinski definition) is 1. The second-order valence-corrected chi connectivity index (χ2v) is 9.06. The van der Waals surface area contributed by atoms with Crippen molar-refractivity contribution >= 4 is 17.9 Å². The first-order chi connectivity index (χ1) is 13.7. The molecule has 0 unspecified atom stereocenters. The molecule has 0 aromatic heterocycles. The molecule has 2 aliphatic rings. The summed E-state index contributed by atoms with van der Waals surface area (Å²) in [5.41, 5.74) is 0. The Kier molecular flexibility index (Phi) is 10.7. The summed E-state index contributed by atoms with van der Waals surface area (Å²) < 4.78 is 14.0. The first kappa shape index (κ1) is 24.4. The first-order valence-electron chi connectivity index (χ1n) is 9.61. The summed E-state index contributed by atoms with van der Waals surface area (Å²) >= 11 is 0. The summed E-state index contributed by atoms with van der Waals surface area (Å²) in [6, 6.07) is 19.5. The van der Waals surface area contributed by atoms with E-state index in [1.165, 1.54) is 5.92 Å². The summed E-state index contributed by atoms with van der Waals surface area (Å²) in [7, 11) is -2.89. The second kappa shape index (κ2) is 12.8. The fraction of sp³-hybridized carbons (Fsp3) is 0.120. The molecule has 0 aliphatic heterocycles. The zero-order chi connectivity index (χ0) is 19.7. The van der Waals surface area contributed by atoms with E-state index in [0.29, 0.717) is 0 Å². The monoisotopic (exact) mass is 443 g/mol. The summed E-state index contributed by atoms with van der Waals surface area (Å²) in [6.07, 6.45) is 19.1. The molecule has 2 aromatic carbocycles. The van der Waals surface area contributed by atoms with Crippen LogP contribution in [0, 0.1) is 63.7 Å². The van der Waals surface area contributed by atoms with Crippen molar-refractivity contribution in [3.05, 3.63) is 124 Å². The average Bonchev–Trinajstić information content (AvgIpc) is 3.50. The second-order valence-electron chi connectivity index (χ2n) is 6.55. The minimum absolute atomic E-state index is 0. The number of benzene rings is 2. The molecule has 0 amide bonds. The molecule has 10 radical (unpaired) electrons. The molecule has 0 spiro atoms. The van der Waals surface area contributed by atoms with E-state index in [-0.39, 0.29) is 23.1 Å². The summed E-state index contributed by atoms with van der Waals surface area (Å²) in [4.78, 5) is 0. The van der Waals surface area contributed by atoms with Crippen molar-refractivity contribution in [2.24, 2.45) is 0 Å². The minimum Gasteiger partial charge on any atom is -0.297 e. The predicted octanol–water partition coefficient (Wildman–Crippen LogP) is 4.71. The van der Waals surface area contributed by atoms with E-state index in [4.69, 9.17) is 0 Å². The van der Waals surface area contributed by atoms with Gasteiger partial charge in [0.1, 0.15) is 0 Å². The Morgan fingerprint density at radius 2 is 1.14 bits per heavy atom. The number of nitrogens with one attached hydrogen (secondary N) is 1. The van der Waals surface area contributed by atoms with Crippen LogP contribution >= 0.6 is 7.29 Å². The third-order valence-electron chi connectivity index (χ3n) is 4.63. The van der Waals surface area contributed by atoms with Crippen molar-refractivity contribution in [2.75, 3.05) is 0 Å². The Bertz CT molecular complexity index is 676. The van der Waals surface area contributed by atoms with Gasteiger partial charge in [-0.1, -0.05) is 43.3 Å². The van der Waals surface area contributed by atoms with Crippen LogP contribution in [0.3, 0.4) is 0 Å². The molecule has 0 saturated heterocycles. The molecular formula is C25H26FeNOP+2.